The topological polar surface area (TPSA) is 20.2 Å². The van der Waals surface area contributed by atoms with Crippen LogP contribution in [0.3, 0.4) is 0 Å². The minimum Gasteiger partial charge on any atom is -0.393 e. The fourth-order valence-electron chi connectivity index (χ4n) is 3.64. The fourth-order valence-corrected chi connectivity index (χ4v) is 3.64. The minimum atomic E-state index is -0.0789. The van der Waals surface area contributed by atoms with Gasteiger partial charge in [0, 0.05) is 0 Å². The molecule has 1 saturated carbocycles. The van der Waals surface area contributed by atoms with Crippen LogP contribution in [0.2, 0.25) is 0 Å². The van der Waals surface area contributed by atoms with E-state index >= 15 is 0 Å². The standard InChI is InChI=1S/C15H28O.C10H18/c1-4-5-6-7-8-9-10-14-12(2)11-15(16)13(14)3;1-4-5-6-7-8-9-10(2)3/h9-10,12-16H,4-8,11H2,1-3H3;5-6H,2,4,7-9H2,1,3H3/b10-9+;6-5-/t12?,13?,14?,15-;/m0./s1. The molecule has 0 aliphatic heterocycles. The van der Waals surface area contributed by atoms with Gasteiger partial charge in [0.15, 0.2) is 0 Å². The van der Waals surface area contributed by atoms with Crippen LogP contribution in [0.5, 0.6) is 0 Å². The maximum Gasteiger partial charge on any atom is 0.0574 e. The highest BCUT2D eigenvalue weighted by Crippen LogP contribution is 2.37. The summed E-state index contributed by atoms with van der Waals surface area (Å²) in [4.78, 5) is 0. The van der Waals surface area contributed by atoms with Gasteiger partial charge in [0.2, 0.25) is 0 Å². The molecule has 3 unspecified atom stereocenters. The molecule has 1 aliphatic rings. The quantitative estimate of drug-likeness (QED) is 0.293. The molecule has 0 bridgehead atoms. The monoisotopic (exact) mass is 362 g/mol. The highest BCUT2D eigenvalue weighted by Gasteiger charge is 2.35. The van der Waals surface area contributed by atoms with Gasteiger partial charge in [0.25, 0.3) is 0 Å². The lowest BCUT2D eigenvalue weighted by Gasteiger charge is -2.16. The summed E-state index contributed by atoms with van der Waals surface area (Å²) < 4.78 is 0. The largest absolute Gasteiger partial charge is 0.393 e. The second kappa shape index (κ2) is 16.4. The van der Waals surface area contributed by atoms with E-state index in [2.05, 4.69) is 65.5 Å². The summed E-state index contributed by atoms with van der Waals surface area (Å²) in [5.41, 5.74) is 1.30. The van der Waals surface area contributed by atoms with E-state index in [1.54, 1.807) is 0 Å². The highest BCUT2D eigenvalue weighted by atomic mass is 16.3. The molecule has 0 aromatic heterocycles. The summed E-state index contributed by atoms with van der Waals surface area (Å²) in [7, 11) is 0. The Morgan fingerprint density at radius 1 is 1.00 bits per heavy atom. The molecular weight excluding hydrogens is 316 g/mol. The lowest BCUT2D eigenvalue weighted by Crippen LogP contribution is -2.14. The van der Waals surface area contributed by atoms with Crippen molar-refractivity contribution >= 4 is 0 Å². The van der Waals surface area contributed by atoms with Crippen LogP contribution in [-0.4, -0.2) is 11.2 Å². The first kappa shape index (κ1) is 25.2. The Morgan fingerprint density at radius 2 is 1.69 bits per heavy atom. The molecule has 0 spiro atoms. The lowest BCUT2D eigenvalue weighted by atomic mass is 9.90. The Kier molecular flexibility index (Phi) is 15.8. The molecule has 0 heterocycles. The second-order valence-electron chi connectivity index (χ2n) is 8.22. The number of aliphatic hydroxyl groups excluding tert-OH is 1. The van der Waals surface area contributed by atoms with Gasteiger partial charge in [-0.25, -0.2) is 0 Å². The number of hydrogen-bond acceptors (Lipinski definition) is 1. The SMILES string of the molecule is C=C(C)CCC/C=C\CC.CCCCCC/C=C/C1C(C)C[C@H](O)C1C. The highest BCUT2D eigenvalue weighted by molar-refractivity contribution is 4.99. The number of hydrogen-bond donors (Lipinski definition) is 1. The summed E-state index contributed by atoms with van der Waals surface area (Å²) in [6.07, 6.45) is 21.4. The summed E-state index contributed by atoms with van der Waals surface area (Å²) in [5.74, 6) is 1.69. The van der Waals surface area contributed by atoms with Crippen LogP contribution in [-0.2, 0) is 0 Å². The van der Waals surface area contributed by atoms with Gasteiger partial charge >= 0.3 is 0 Å². The summed E-state index contributed by atoms with van der Waals surface area (Å²) in [6.45, 7) is 14.8. The van der Waals surface area contributed by atoms with E-state index in [0.29, 0.717) is 17.8 Å². The van der Waals surface area contributed by atoms with E-state index in [1.165, 1.54) is 56.9 Å². The Morgan fingerprint density at radius 3 is 2.23 bits per heavy atom. The molecule has 0 radical (unpaired) electrons. The average Bonchev–Trinajstić information content (AvgIpc) is 2.84. The Balaban J connectivity index is 0.000000541. The summed E-state index contributed by atoms with van der Waals surface area (Å²) in [6, 6.07) is 0. The molecule has 26 heavy (non-hydrogen) atoms. The van der Waals surface area contributed by atoms with Gasteiger partial charge in [-0.2, -0.15) is 0 Å². The van der Waals surface area contributed by atoms with Crippen molar-refractivity contribution in [3.8, 4) is 0 Å². The first-order chi connectivity index (χ1) is 12.4. The smallest absolute Gasteiger partial charge is 0.0574 e. The van der Waals surface area contributed by atoms with E-state index in [-0.39, 0.29) is 6.10 Å². The van der Waals surface area contributed by atoms with Gasteiger partial charge in [0.1, 0.15) is 0 Å². The molecule has 1 heteroatoms. The summed E-state index contributed by atoms with van der Waals surface area (Å²) in [5, 5.41) is 9.78. The zero-order valence-corrected chi connectivity index (χ0v) is 18.3. The summed E-state index contributed by atoms with van der Waals surface area (Å²) >= 11 is 0. The van der Waals surface area contributed by atoms with Crippen molar-refractivity contribution in [2.75, 3.05) is 0 Å². The predicted octanol–water partition coefficient (Wildman–Crippen LogP) is 7.87. The van der Waals surface area contributed by atoms with Crippen LogP contribution >= 0.6 is 0 Å². The van der Waals surface area contributed by atoms with Gasteiger partial charge < -0.3 is 5.11 Å². The normalized spacial score (nSPS) is 25.6. The van der Waals surface area contributed by atoms with Gasteiger partial charge in [-0.3, -0.25) is 0 Å². The third-order valence-electron chi connectivity index (χ3n) is 5.44. The van der Waals surface area contributed by atoms with Crippen molar-refractivity contribution in [3.05, 3.63) is 36.5 Å². The van der Waals surface area contributed by atoms with E-state index in [9.17, 15) is 5.11 Å². The van der Waals surface area contributed by atoms with E-state index in [0.717, 1.165) is 12.8 Å². The molecule has 1 N–H and O–H groups in total. The van der Waals surface area contributed by atoms with Gasteiger partial charge in [0.05, 0.1) is 6.10 Å². The Bertz CT molecular complexity index is 393. The molecule has 152 valence electrons. The number of unbranched alkanes of at least 4 members (excludes halogenated alkanes) is 5. The molecule has 0 amide bonds. The van der Waals surface area contributed by atoms with Crippen LogP contribution in [0.4, 0.5) is 0 Å². The number of aliphatic hydroxyl groups is 1. The molecule has 4 atom stereocenters. The minimum absolute atomic E-state index is 0.0789. The van der Waals surface area contributed by atoms with E-state index in [4.69, 9.17) is 0 Å². The average molecular weight is 363 g/mol. The zero-order valence-electron chi connectivity index (χ0n) is 18.3. The van der Waals surface area contributed by atoms with Gasteiger partial charge in [-0.05, 0) is 69.6 Å². The number of allylic oxidation sites excluding steroid dienone is 5. The van der Waals surface area contributed by atoms with E-state index < -0.39 is 0 Å². The third-order valence-corrected chi connectivity index (χ3v) is 5.44. The van der Waals surface area contributed by atoms with Gasteiger partial charge in [-0.15, -0.1) is 6.58 Å². The molecule has 1 fully saturated rings. The van der Waals surface area contributed by atoms with E-state index in [1.807, 2.05) is 0 Å². The van der Waals surface area contributed by atoms with Crippen LogP contribution in [0, 0.1) is 17.8 Å². The molecule has 0 aromatic carbocycles. The first-order valence-corrected chi connectivity index (χ1v) is 11.1. The maximum atomic E-state index is 9.78. The zero-order chi connectivity index (χ0) is 19.8. The van der Waals surface area contributed by atoms with Crippen molar-refractivity contribution in [2.24, 2.45) is 17.8 Å². The molecule has 1 rings (SSSR count). The predicted molar refractivity (Wildman–Crippen MR) is 118 cm³/mol. The lowest BCUT2D eigenvalue weighted by molar-refractivity contribution is 0.133. The second-order valence-corrected chi connectivity index (χ2v) is 8.22. The van der Waals surface area contributed by atoms with Crippen LogP contribution in [0.1, 0.15) is 98.8 Å². The molecule has 1 aliphatic carbocycles. The van der Waals surface area contributed by atoms with Crippen molar-refractivity contribution in [1.29, 1.82) is 0 Å². The third kappa shape index (κ3) is 12.5. The van der Waals surface area contributed by atoms with Crippen LogP contribution in [0.25, 0.3) is 0 Å². The maximum absolute atomic E-state index is 9.78. The molecular formula is C25H46O. The molecule has 0 saturated heterocycles. The van der Waals surface area contributed by atoms with Crippen molar-refractivity contribution < 1.29 is 5.11 Å². The van der Waals surface area contributed by atoms with Crippen LogP contribution in [0.15, 0.2) is 36.5 Å². The van der Waals surface area contributed by atoms with Crippen molar-refractivity contribution in [1.82, 2.24) is 0 Å². The Hall–Kier alpha value is -0.820. The number of rotatable bonds is 11. The Labute approximate surface area is 164 Å². The van der Waals surface area contributed by atoms with Crippen LogP contribution < -0.4 is 0 Å². The van der Waals surface area contributed by atoms with Crippen molar-refractivity contribution in [3.63, 3.8) is 0 Å². The first-order valence-electron chi connectivity index (χ1n) is 11.1. The fraction of sp³-hybridized carbons (Fsp3) is 0.760. The molecule has 1 nitrogen and oxygen atoms in total. The molecule has 0 aromatic rings. The van der Waals surface area contributed by atoms with Gasteiger partial charge in [-0.1, -0.05) is 76.8 Å². The van der Waals surface area contributed by atoms with Crippen molar-refractivity contribution in [2.45, 2.75) is 105 Å².